The number of amidine groups is 1. The first-order valence-corrected chi connectivity index (χ1v) is 11.1. The molecule has 2 aliphatic heterocycles. The Morgan fingerprint density at radius 1 is 1.09 bits per heavy atom. The van der Waals surface area contributed by atoms with Crippen molar-refractivity contribution in [3.05, 3.63) is 78.1 Å². The molecule has 174 valence electrons. The maximum absolute atomic E-state index is 14.0. The number of piperazine rings is 1. The first-order valence-electron chi connectivity index (χ1n) is 11.1. The van der Waals surface area contributed by atoms with Crippen molar-refractivity contribution < 1.29 is 18.7 Å². The molecule has 1 fully saturated rings. The Labute approximate surface area is 197 Å². The number of para-hydroxylation sites is 3. The van der Waals surface area contributed by atoms with Crippen molar-refractivity contribution in [3.8, 4) is 17.2 Å². The van der Waals surface area contributed by atoms with Gasteiger partial charge in [-0.25, -0.2) is 14.2 Å². The summed E-state index contributed by atoms with van der Waals surface area (Å²) >= 11 is 0. The van der Waals surface area contributed by atoms with Crippen molar-refractivity contribution in [1.29, 1.82) is 0 Å². The average molecular weight is 461 g/mol. The maximum atomic E-state index is 14.0. The van der Waals surface area contributed by atoms with Gasteiger partial charge in [-0.3, -0.25) is 0 Å². The third kappa shape index (κ3) is 4.14. The molecule has 0 radical (unpaired) electrons. The van der Waals surface area contributed by atoms with E-state index in [2.05, 4.69) is 10.2 Å². The van der Waals surface area contributed by atoms with Gasteiger partial charge >= 0.3 is 6.03 Å². The molecule has 2 aliphatic rings. The minimum absolute atomic E-state index is 0.121. The minimum atomic E-state index is -0.458. The maximum Gasteiger partial charge on any atom is 0.322 e. The van der Waals surface area contributed by atoms with Crippen LogP contribution in [0.5, 0.6) is 17.2 Å². The number of carbonyl (C=O) groups is 1. The normalized spacial score (nSPS) is 17.0. The molecule has 0 bridgehead atoms. The van der Waals surface area contributed by atoms with Crippen LogP contribution in [0.4, 0.5) is 20.6 Å². The smallest absolute Gasteiger partial charge is 0.322 e. The van der Waals surface area contributed by atoms with E-state index in [-0.39, 0.29) is 17.8 Å². The summed E-state index contributed by atoms with van der Waals surface area (Å²) in [6.07, 6.45) is 0. The number of anilines is 1. The van der Waals surface area contributed by atoms with Crippen molar-refractivity contribution in [3.63, 3.8) is 0 Å². The quantitative estimate of drug-likeness (QED) is 0.567. The molecule has 0 unspecified atom stereocenters. The van der Waals surface area contributed by atoms with Gasteiger partial charge in [0.15, 0.2) is 5.75 Å². The zero-order valence-corrected chi connectivity index (χ0v) is 19.0. The largest absolute Gasteiger partial charge is 0.497 e. The fourth-order valence-electron chi connectivity index (χ4n) is 4.27. The molecule has 0 aliphatic carbocycles. The highest BCUT2D eigenvalue weighted by Crippen LogP contribution is 2.39. The predicted molar refractivity (Wildman–Crippen MR) is 129 cm³/mol. The fraction of sp³-hybridized carbons (Fsp3) is 0.231. The Hall–Kier alpha value is -4.07. The first-order chi connectivity index (χ1) is 16.5. The Bertz CT molecular complexity index is 1260. The highest BCUT2D eigenvalue weighted by atomic mass is 19.1. The van der Waals surface area contributed by atoms with E-state index >= 15 is 0 Å². The number of rotatable bonds is 2. The second-order valence-corrected chi connectivity index (χ2v) is 8.27. The third-order valence-corrected chi connectivity index (χ3v) is 6.04. The van der Waals surface area contributed by atoms with E-state index in [1.807, 2.05) is 49.4 Å². The number of nitrogens with zero attached hydrogens (tertiary/aromatic N) is 3. The summed E-state index contributed by atoms with van der Waals surface area (Å²) in [5.74, 6) is 2.35. The number of hydrogen-bond acceptors (Lipinski definition) is 5. The van der Waals surface area contributed by atoms with Gasteiger partial charge in [-0.05, 0) is 43.3 Å². The number of nitrogens with one attached hydrogen (secondary N) is 1. The molecule has 1 N–H and O–H groups in total. The molecule has 34 heavy (non-hydrogen) atoms. The number of halogens is 1. The van der Waals surface area contributed by atoms with Gasteiger partial charge in [0.1, 0.15) is 28.8 Å². The molecule has 0 saturated carbocycles. The molecule has 7 nitrogen and oxygen atoms in total. The van der Waals surface area contributed by atoms with E-state index in [0.29, 0.717) is 36.9 Å². The predicted octanol–water partition coefficient (Wildman–Crippen LogP) is 5.26. The number of amides is 2. The van der Waals surface area contributed by atoms with E-state index in [4.69, 9.17) is 14.5 Å². The molecule has 3 aromatic rings. The first kappa shape index (κ1) is 21.8. The second-order valence-electron chi connectivity index (χ2n) is 8.27. The van der Waals surface area contributed by atoms with Crippen LogP contribution >= 0.6 is 0 Å². The van der Waals surface area contributed by atoms with Crippen LogP contribution in [-0.4, -0.2) is 54.5 Å². The summed E-state index contributed by atoms with van der Waals surface area (Å²) in [7, 11) is 1.62. The van der Waals surface area contributed by atoms with Crippen molar-refractivity contribution in [1.82, 2.24) is 9.80 Å². The van der Waals surface area contributed by atoms with E-state index in [1.54, 1.807) is 30.2 Å². The Morgan fingerprint density at radius 3 is 2.68 bits per heavy atom. The lowest BCUT2D eigenvalue weighted by Gasteiger charge is -2.41. The van der Waals surface area contributed by atoms with Gasteiger partial charge in [-0.1, -0.05) is 24.3 Å². The SMILES string of the molecule is COc1ccc2c(c1)Oc1ccccc1N=C2N1CCN(C(=O)Nc2ccccc2F)[C@@H](C)C1. The van der Waals surface area contributed by atoms with Crippen molar-refractivity contribution >= 4 is 23.2 Å². The topological polar surface area (TPSA) is 66.4 Å². The highest BCUT2D eigenvalue weighted by Gasteiger charge is 2.32. The van der Waals surface area contributed by atoms with E-state index in [0.717, 1.165) is 17.1 Å². The number of hydrogen-bond donors (Lipinski definition) is 1. The number of benzene rings is 3. The monoisotopic (exact) mass is 460 g/mol. The van der Waals surface area contributed by atoms with Gasteiger partial charge in [0.05, 0.1) is 18.4 Å². The second kappa shape index (κ2) is 9.05. The Kier molecular flexibility index (Phi) is 5.79. The molecule has 3 aromatic carbocycles. The zero-order valence-electron chi connectivity index (χ0n) is 19.0. The standard InChI is InChI=1S/C26H25FN4O3/c1-17-16-30(13-14-31(17)26(32)29-21-8-4-3-7-20(21)27)25-19-12-11-18(33-2)15-24(19)34-23-10-6-5-9-22(23)28-25/h3-12,15,17H,13-14,16H2,1-2H3,(H,29,32)/t17-/m0/s1. The number of urea groups is 1. The molecule has 2 heterocycles. The summed E-state index contributed by atoms with van der Waals surface area (Å²) in [6.45, 7) is 3.58. The number of methoxy groups -OCH3 is 1. The number of aliphatic imine (C=N–C) groups is 1. The highest BCUT2D eigenvalue weighted by molar-refractivity contribution is 6.04. The summed E-state index contributed by atoms with van der Waals surface area (Å²) < 4.78 is 25.6. The van der Waals surface area contributed by atoms with Gasteiger partial charge in [-0.15, -0.1) is 0 Å². The van der Waals surface area contributed by atoms with Gasteiger partial charge in [0.2, 0.25) is 0 Å². The molecular formula is C26H25FN4O3. The van der Waals surface area contributed by atoms with E-state index in [9.17, 15) is 9.18 Å². The van der Waals surface area contributed by atoms with Crippen LogP contribution in [0.2, 0.25) is 0 Å². The van der Waals surface area contributed by atoms with Crippen LogP contribution in [0.25, 0.3) is 0 Å². The minimum Gasteiger partial charge on any atom is -0.497 e. The van der Waals surface area contributed by atoms with Gasteiger partial charge in [0, 0.05) is 31.7 Å². The van der Waals surface area contributed by atoms with Crippen LogP contribution in [0.15, 0.2) is 71.7 Å². The van der Waals surface area contributed by atoms with Gasteiger partial charge < -0.3 is 24.6 Å². The lowest BCUT2D eigenvalue weighted by molar-refractivity contribution is 0.144. The number of ether oxygens (including phenoxy) is 2. The molecule has 0 spiro atoms. The average Bonchev–Trinajstić information content (AvgIpc) is 3.01. The third-order valence-electron chi connectivity index (χ3n) is 6.04. The van der Waals surface area contributed by atoms with Crippen LogP contribution in [0.3, 0.4) is 0 Å². The Morgan fingerprint density at radius 2 is 1.88 bits per heavy atom. The molecule has 0 aromatic heterocycles. The van der Waals surface area contributed by atoms with E-state index < -0.39 is 5.82 Å². The number of fused-ring (bicyclic) bond motifs is 2. The summed E-state index contributed by atoms with van der Waals surface area (Å²) in [5, 5.41) is 2.69. The fourth-order valence-corrected chi connectivity index (χ4v) is 4.27. The van der Waals surface area contributed by atoms with Crippen LogP contribution in [0, 0.1) is 5.82 Å². The van der Waals surface area contributed by atoms with Crippen LogP contribution in [-0.2, 0) is 0 Å². The van der Waals surface area contributed by atoms with Crippen molar-refractivity contribution in [2.75, 3.05) is 32.1 Å². The molecule has 8 heteroatoms. The lowest BCUT2D eigenvalue weighted by atomic mass is 10.1. The molecular weight excluding hydrogens is 435 g/mol. The molecule has 1 saturated heterocycles. The summed E-state index contributed by atoms with van der Waals surface area (Å²) in [6, 6.07) is 19.0. The van der Waals surface area contributed by atoms with E-state index in [1.165, 1.54) is 6.07 Å². The lowest BCUT2D eigenvalue weighted by Crippen LogP contribution is -2.56. The number of carbonyl (C=O) groups excluding carboxylic acids is 1. The summed E-state index contributed by atoms with van der Waals surface area (Å²) in [4.78, 5) is 21.7. The Balaban J connectivity index is 1.41. The van der Waals surface area contributed by atoms with Gasteiger partial charge in [0.25, 0.3) is 0 Å². The summed E-state index contributed by atoms with van der Waals surface area (Å²) in [5.41, 5.74) is 1.76. The van der Waals surface area contributed by atoms with Crippen LogP contribution in [0.1, 0.15) is 12.5 Å². The molecule has 1 atom stereocenters. The zero-order chi connectivity index (χ0) is 23.7. The van der Waals surface area contributed by atoms with Crippen molar-refractivity contribution in [2.45, 2.75) is 13.0 Å². The molecule has 2 amide bonds. The van der Waals surface area contributed by atoms with Crippen LogP contribution < -0.4 is 14.8 Å². The van der Waals surface area contributed by atoms with Gasteiger partial charge in [-0.2, -0.15) is 0 Å². The van der Waals surface area contributed by atoms with Crippen molar-refractivity contribution in [2.24, 2.45) is 4.99 Å². The molecule has 5 rings (SSSR count).